The average molecular weight is 339 g/mol. The van der Waals surface area contributed by atoms with E-state index in [1.807, 2.05) is 43.3 Å². The second-order valence-corrected chi connectivity index (χ2v) is 5.49. The molecule has 19 heavy (non-hydrogen) atoms. The van der Waals surface area contributed by atoms with Crippen LogP contribution >= 0.6 is 27.5 Å². The molecule has 2 aromatic rings. The second-order valence-electron chi connectivity index (χ2n) is 4.31. The standard InChI is InChI=1S/C15H13BrClNO/c1-10-5-12(8-13(16)6-10)15(19)18-14-4-2-3-11(7-14)9-17/h2-8H,9H2,1H3,(H,18,19). The molecular formula is C15H13BrClNO. The van der Waals surface area contributed by atoms with E-state index in [1.54, 1.807) is 6.07 Å². The highest BCUT2D eigenvalue weighted by molar-refractivity contribution is 9.10. The molecule has 0 saturated heterocycles. The largest absolute Gasteiger partial charge is 0.322 e. The van der Waals surface area contributed by atoms with Crippen LogP contribution in [0.5, 0.6) is 0 Å². The molecule has 0 unspecified atom stereocenters. The number of hydrogen-bond acceptors (Lipinski definition) is 1. The van der Waals surface area contributed by atoms with Crippen molar-refractivity contribution in [3.63, 3.8) is 0 Å². The van der Waals surface area contributed by atoms with Crippen LogP contribution in [0.1, 0.15) is 21.5 Å². The summed E-state index contributed by atoms with van der Waals surface area (Å²) in [7, 11) is 0. The van der Waals surface area contributed by atoms with Crippen molar-refractivity contribution in [1.82, 2.24) is 0 Å². The van der Waals surface area contributed by atoms with E-state index in [0.29, 0.717) is 11.4 Å². The average Bonchev–Trinajstić information content (AvgIpc) is 2.37. The van der Waals surface area contributed by atoms with E-state index in [1.165, 1.54) is 0 Å². The minimum atomic E-state index is -0.129. The Morgan fingerprint density at radius 3 is 2.74 bits per heavy atom. The minimum absolute atomic E-state index is 0.129. The highest BCUT2D eigenvalue weighted by Gasteiger charge is 2.07. The summed E-state index contributed by atoms with van der Waals surface area (Å²) in [6, 6.07) is 13.1. The van der Waals surface area contributed by atoms with Gasteiger partial charge in [-0.05, 0) is 48.4 Å². The molecule has 0 aliphatic heterocycles. The van der Waals surface area contributed by atoms with Gasteiger partial charge in [0.1, 0.15) is 0 Å². The maximum Gasteiger partial charge on any atom is 0.255 e. The number of amides is 1. The summed E-state index contributed by atoms with van der Waals surface area (Å²) in [5, 5.41) is 2.87. The van der Waals surface area contributed by atoms with Gasteiger partial charge in [-0.3, -0.25) is 4.79 Å². The van der Waals surface area contributed by atoms with Crippen LogP contribution in [-0.4, -0.2) is 5.91 Å². The highest BCUT2D eigenvalue weighted by Crippen LogP contribution is 2.18. The first-order valence-corrected chi connectivity index (χ1v) is 7.14. The molecule has 0 fully saturated rings. The maximum absolute atomic E-state index is 12.2. The Kier molecular flexibility index (Phi) is 4.61. The summed E-state index contributed by atoms with van der Waals surface area (Å²) >= 11 is 9.17. The smallest absolute Gasteiger partial charge is 0.255 e. The molecule has 4 heteroatoms. The molecule has 2 rings (SSSR count). The van der Waals surface area contributed by atoms with Crippen molar-refractivity contribution in [2.75, 3.05) is 5.32 Å². The molecule has 0 aromatic heterocycles. The van der Waals surface area contributed by atoms with Gasteiger partial charge in [0.05, 0.1) is 0 Å². The van der Waals surface area contributed by atoms with Crippen LogP contribution in [0.15, 0.2) is 46.9 Å². The molecule has 0 aliphatic carbocycles. The SMILES string of the molecule is Cc1cc(Br)cc(C(=O)Nc2cccc(CCl)c2)c1. The maximum atomic E-state index is 12.2. The Labute approximate surface area is 125 Å². The first kappa shape index (κ1) is 14.1. The molecule has 2 aromatic carbocycles. The third-order valence-corrected chi connectivity index (χ3v) is 3.41. The number of carbonyl (C=O) groups is 1. The minimum Gasteiger partial charge on any atom is -0.322 e. The predicted octanol–water partition coefficient (Wildman–Crippen LogP) is 4.75. The fourth-order valence-electron chi connectivity index (χ4n) is 1.80. The number of benzene rings is 2. The van der Waals surface area contributed by atoms with Crippen molar-refractivity contribution < 1.29 is 4.79 Å². The summed E-state index contributed by atoms with van der Waals surface area (Å²) in [5.41, 5.74) is 3.39. The number of halogens is 2. The number of nitrogens with one attached hydrogen (secondary N) is 1. The van der Waals surface area contributed by atoms with Crippen LogP contribution in [-0.2, 0) is 5.88 Å². The van der Waals surface area contributed by atoms with Gasteiger partial charge >= 0.3 is 0 Å². The lowest BCUT2D eigenvalue weighted by Gasteiger charge is -2.07. The van der Waals surface area contributed by atoms with Crippen LogP contribution in [0.25, 0.3) is 0 Å². The number of alkyl halides is 1. The van der Waals surface area contributed by atoms with Crippen molar-refractivity contribution in [3.8, 4) is 0 Å². The van der Waals surface area contributed by atoms with Crippen molar-refractivity contribution in [3.05, 3.63) is 63.6 Å². The van der Waals surface area contributed by atoms with Gasteiger partial charge in [-0.1, -0.05) is 28.1 Å². The van der Waals surface area contributed by atoms with Crippen LogP contribution in [0, 0.1) is 6.92 Å². The molecule has 0 aliphatic rings. The predicted molar refractivity (Wildman–Crippen MR) is 82.8 cm³/mol. The fourth-order valence-corrected chi connectivity index (χ4v) is 2.58. The molecule has 0 bridgehead atoms. The van der Waals surface area contributed by atoms with Gasteiger partial charge in [0, 0.05) is 21.6 Å². The Morgan fingerprint density at radius 1 is 1.26 bits per heavy atom. The van der Waals surface area contributed by atoms with E-state index in [2.05, 4.69) is 21.2 Å². The van der Waals surface area contributed by atoms with Crippen molar-refractivity contribution >= 4 is 39.1 Å². The molecule has 1 amide bonds. The highest BCUT2D eigenvalue weighted by atomic mass is 79.9. The van der Waals surface area contributed by atoms with Crippen molar-refractivity contribution in [2.24, 2.45) is 0 Å². The monoisotopic (exact) mass is 337 g/mol. The zero-order valence-corrected chi connectivity index (χ0v) is 12.8. The number of anilines is 1. The van der Waals surface area contributed by atoms with Gasteiger partial charge < -0.3 is 5.32 Å². The normalized spacial score (nSPS) is 10.3. The second kappa shape index (κ2) is 6.22. The molecule has 0 atom stereocenters. The van der Waals surface area contributed by atoms with Crippen molar-refractivity contribution in [1.29, 1.82) is 0 Å². The Bertz CT molecular complexity index is 593. The number of hydrogen-bond donors (Lipinski definition) is 1. The van der Waals surface area contributed by atoms with Crippen LogP contribution in [0.3, 0.4) is 0 Å². The quantitative estimate of drug-likeness (QED) is 0.804. The third kappa shape index (κ3) is 3.82. The summed E-state index contributed by atoms with van der Waals surface area (Å²) < 4.78 is 0.896. The molecular weight excluding hydrogens is 326 g/mol. The topological polar surface area (TPSA) is 29.1 Å². The van der Waals surface area contributed by atoms with E-state index in [-0.39, 0.29) is 5.91 Å². The zero-order chi connectivity index (χ0) is 13.8. The van der Waals surface area contributed by atoms with Gasteiger partial charge in [0.15, 0.2) is 0 Å². The first-order chi connectivity index (χ1) is 9.08. The summed E-state index contributed by atoms with van der Waals surface area (Å²) in [6.07, 6.45) is 0. The van der Waals surface area contributed by atoms with Gasteiger partial charge in [-0.15, -0.1) is 11.6 Å². The van der Waals surface area contributed by atoms with Gasteiger partial charge in [0.2, 0.25) is 0 Å². The summed E-state index contributed by atoms with van der Waals surface area (Å²) in [5.74, 6) is 0.302. The summed E-state index contributed by atoms with van der Waals surface area (Å²) in [6.45, 7) is 1.95. The molecule has 98 valence electrons. The summed E-state index contributed by atoms with van der Waals surface area (Å²) in [4.78, 5) is 12.2. The van der Waals surface area contributed by atoms with Crippen LogP contribution in [0.2, 0.25) is 0 Å². The zero-order valence-electron chi connectivity index (χ0n) is 10.4. The Hall–Kier alpha value is -1.32. The number of carbonyl (C=O) groups excluding carboxylic acids is 1. The number of rotatable bonds is 3. The lowest BCUT2D eigenvalue weighted by Crippen LogP contribution is -2.12. The molecule has 0 heterocycles. The van der Waals surface area contributed by atoms with E-state index in [4.69, 9.17) is 11.6 Å². The molecule has 1 N–H and O–H groups in total. The van der Waals surface area contributed by atoms with E-state index in [9.17, 15) is 4.79 Å². The van der Waals surface area contributed by atoms with Crippen LogP contribution < -0.4 is 5.32 Å². The van der Waals surface area contributed by atoms with Gasteiger partial charge in [-0.25, -0.2) is 0 Å². The Balaban J connectivity index is 2.20. The van der Waals surface area contributed by atoms with Crippen LogP contribution in [0.4, 0.5) is 5.69 Å². The van der Waals surface area contributed by atoms with Gasteiger partial charge in [-0.2, -0.15) is 0 Å². The first-order valence-electron chi connectivity index (χ1n) is 5.82. The van der Waals surface area contributed by atoms with E-state index >= 15 is 0 Å². The van der Waals surface area contributed by atoms with E-state index in [0.717, 1.165) is 21.3 Å². The lowest BCUT2D eigenvalue weighted by molar-refractivity contribution is 0.102. The number of aryl methyl sites for hydroxylation is 1. The fraction of sp³-hybridized carbons (Fsp3) is 0.133. The van der Waals surface area contributed by atoms with E-state index < -0.39 is 0 Å². The lowest BCUT2D eigenvalue weighted by atomic mass is 10.1. The molecule has 2 nitrogen and oxygen atoms in total. The Morgan fingerprint density at radius 2 is 2.05 bits per heavy atom. The molecule has 0 spiro atoms. The molecule has 0 saturated carbocycles. The van der Waals surface area contributed by atoms with Crippen molar-refractivity contribution in [2.45, 2.75) is 12.8 Å². The van der Waals surface area contributed by atoms with Gasteiger partial charge in [0.25, 0.3) is 5.91 Å². The third-order valence-electron chi connectivity index (χ3n) is 2.64. The molecule has 0 radical (unpaired) electrons.